The van der Waals surface area contributed by atoms with Crippen LogP contribution in [-0.4, -0.2) is 48.6 Å². The van der Waals surface area contributed by atoms with Gasteiger partial charge in [0.25, 0.3) is 0 Å². The van der Waals surface area contributed by atoms with Crippen molar-refractivity contribution < 1.29 is 4.79 Å². The van der Waals surface area contributed by atoms with E-state index < -0.39 is 0 Å². The smallest absolute Gasteiger partial charge is 0.239 e. The molecule has 15 heavy (non-hydrogen) atoms. The first-order chi connectivity index (χ1) is 6.66. The molecule has 1 amide bonds. The lowest BCUT2D eigenvalue weighted by Gasteiger charge is -2.39. The SMILES string of the molecule is CC1CN(C(=O)[C@H]2CCN2)CC(C)N1.Cl. The summed E-state index contributed by atoms with van der Waals surface area (Å²) >= 11 is 0. The van der Waals surface area contributed by atoms with Crippen LogP contribution in [0.5, 0.6) is 0 Å². The van der Waals surface area contributed by atoms with Crippen molar-refractivity contribution >= 4 is 18.3 Å². The normalized spacial score (nSPS) is 35.3. The molecule has 2 aliphatic rings. The van der Waals surface area contributed by atoms with Gasteiger partial charge in [-0.3, -0.25) is 4.79 Å². The molecule has 3 atom stereocenters. The molecule has 0 bridgehead atoms. The van der Waals surface area contributed by atoms with Crippen LogP contribution in [-0.2, 0) is 4.79 Å². The molecule has 0 aromatic carbocycles. The van der Waals surface area contributed by atoms with E-state index in [0.717, 1.165) is 26.1 Å². The number of rotatable bonds is 1. The van der Waals surface area contributed by atoms with Gasteiger partial charge in [-0.05, 0) is 26.8 Å². The maximum atomic E-state index is 11.9. The third-order valence-electron chi connectivity index (χ3n) is 2.99. The van der Waals surface area contributed by atoms with Crippen molar-refractivity contribution in [2.45, 2.75) is 38.4 Å². The second kappa shape index (κ2) is 5.14. The van der Waals surface area contributed by atoms with Crippen LogP contribution in [0, 0.1) is 0 Å². The number of nitrogens with one attached hydrogen (secondary N) is 2. The highest BCUT2D eigenvalue weighted by Crippen LogP contribution is 2.11. The van der Waals surface area contributed by atoms with Gasteiger partial charge in [0.05, 0.1) is 6.04 Å². The average molecular weight is 234 g/mol. The summed E-state index contributed by atoms with van der Waals surface area (Å²) < 4.78 is 0. The van der Waals surface area contributed by atoms with Crippen molar-refractivity contribution in [3.63, 3.8) is 0 Å². The first-order valence-corrected chi connectivity index (χ1v) is 5.45. The van der Waals surface area contributed by atoms with Gasteiger partial charge in [-0.2, -0.15) is 0 Å². The zero-order chi connectivity index (χ0) is 10.1. The summed E-state index contributed by atoms with van der Waals surface area (Å²) in [5.41, 5.74) is 0. The fourth-order valence-corrected chi connectivity index (χ4v) is 2.23. The summed E-state index contributed by atoms with van der Waals surface area (Å²) in [6, 6.07) is 0.943. The summed E-state index contributed by atoms with van der Waals surface area (Å²) in [6.45, 7) is 6.95. The van der Waals surface area contributed by atoms with Gasteiger partial charge in [-0.25, -0.2) is 0 Å². The second-order valence-corrected chi connectivity index (χ2v) is 4.51. The largest absolute Gasteiger partial charge is 0.338 e. The monoisotopic (exact) mass is 233 g/mol. The maximum Gasteiger partial charge on any atom is 0.239 e. The van der Waals surface area contributed by atoms with E-state index in [9.17, 15) is 4.79 Å². The Labute approximate surface area is 97.2 Å². The molecule has 2 fully saturated rings. The van der Waals surface area contributed by atoms with Crippen LogP contribution in [0.3, 0.4) is 0 Å². The van der Waals surface area contributed by atoms with E-state index in [1.165, 1.54) is 0 Å². The number of hydrogen-bond donors (Lipinski definition) is 2. The van der Waals surface area contributed by atoms with E-state index in [2.05, 4.69) is 24.5 Å². The third-order valence-corrected chi connectivity index (χ3v) is 2.99. The molecule has 2 heterocycles. The van der Waals surface area contributed by atoms with Crippen molar-refractivity contribution in [1.82, 2.24) is 15.5 Å². The minimum Gasteiger partial charge on any atom is -0.338 e. The molecule has 0 aliphatic carbocycles. The Bertz CT molecular complexity index is 223. The molecule has 0 saturated carbocycles. The van der Waals surface area contributed by atoms with Gasteiger partial charge in [0.2, 0.25) is 5.91 Å². The molecule has 0 aromatic rings. The molecule has 4 nitrogen and oxygen atoms in total. The molecule has 2 unspecified atom stereocenters. The fourth-order valence-electron chi connectivity index (χ4n) is 2.23. The van der Waals surface area contributed by atoms with Crippen LogP contribution in [0.15, 0.2) is 0 Å². The van der Waals surface area contributed by atoms with Gasteiger partial charge in [-0.15, -0.1) is 12.4 Å². The number of amides is 1. The summed E-state index contributed by atoms with van der Waals surface area (Å²) in [4.78, 5) is 13.9. The predicted molar refractivity (Wildman–Crippen MR) is 62.3 cm³/mol. The van der Waals surface area contributed by atoms with Gasteiger partial charge in [0.1, 0.15) is 0 Å². The molecular weight excluding hydrogens is 214 g/mol. The molecule has 0 radical (unpaired) electrons. The van der Waals surface area contributed by atoms with Crippen LogP contribution in [0.25, 0.3) is 0 Å². The lowest BCUT2D eigenvalue weighted by atomic mass is 10.0. The van der Waals surface area contributed by atoms with Crippen LogP contribution in [0.1, 0.15) is 20.3 Å². The van der Waals surface area contributed by atoms with E-state index in [1.54, 1.807) is 0 Å². The Morgan fingerprint density at radius 3 is 2.20 bits per heavy atom. The van der Waals surface area contributed by atoms with E-state index in [-0.39, 0.29) is 24.4 Å². The molecule has 5 heteroatoms. The molecular formula is C10H20ClN3O. The van der Waals surface area contributed by atoms with Crippen molar-refractivity contribution in [3.8, 4) is 0 Å². The number of carbonyl (C=O) groups is 1. The average Bonchev–Trinajstić information content (AvgIpc) is 1.98. The minimum absolute atomic E-state index is 0. The topological polar surface area (TPSA) is 44.4 Å². The van der Waals surface area contributed by atoms with Crippen molar-refractivity contribution in [2.24, 2.45) is 0 Å². The Morgan fingerprint density at radius 1 is 1.27 bits per heavy atom. The summed E-state index contributed by atoms with van der Waals surface area (Å²) in [7, 11) is 0. The second-order valence-electron chi connectivity index (χ2n) is 4.51. The van der Waals surface area contributed by atoms with Crippen molar-refractivity contribution in [1.29, 1.82) is 0 Å². The lowest BCUT2D eigenvalue weighted by Crippen LogP contribution is -2.61. The molecule has 2 saturated heterocycles. The zero-order valence-electron chi connectivity index (χ0n) is 9.32. The van der Waals surface area contributed by atoms with Crippen molar-refractivity contribution in [2.75, 3.05) is 19.6 Å². The third kappa shape index (κ3) is 2.83. The highest BCUT2D eigenvalue weighted by atomic mass is 35.5. The first-order valence-electron chi connectivity index (χ1n) is 5.45. The molecule has 2 aliphatic heterocycles. The number of hydrogen-bond acceptors (Lipinski definition) is 3. The number of piperazine rings is 1. The molecule has 2 N–H and O–H groups in total. The first kappa shape index (κ1) is 12.7. The maximum absolute atomic E-state index is 11.9. The van der Waals surface area contributed by atoms with Crippen LogP contribution < -0.4 is 10.6 Å². The predicted octanol–water partition coefficient (Wildman–Crippen LogP) is -0.0211. The van der Waals surface area contributed by atoms with Gasteiger partial charge in [0.15, 0.2) is 0 Å². The Balaban J connectivity index is 0.00000112. The van der Waals surface area contributed by atoms with E-state index in [4.69, 9.17) is 0 Å². The fraction of sp³-hybridized carbons (Fsp3) is 0.900. The van der Waals surface area contributed by atoms with E-state index >= 15 is 0 Å². The molecule has 0 spiro atoms. The highest BCUT2D eigenvalue weighted by Gasteiger charge is 2.32. The standard InChI is InChI=1S/C10H19N3O.ClH/c1-7-5-13(6-8(2)12-7)10(14)9-3-4-11-9;/h7-9,11-12H,3-6H2,1-2H3;1H/t7?,8?,9-;/m1./s1. The van der Waals surface area contributed by atoms with E-state index in [1.807, 2.05) is 4.90 Å². The number of nitrogens with zero attached hydrogens (tertiary/aromatic N) is 1. The minimum atomic E-state index is 0. The zero-order valence-corrected chi connectivity index (χ0v) is 10.1. The Morgan fingerprint density at radius 2 is 1.80 bits per heavy atom. The molecule has 2 rings (SSSR count). The quantitative estimate of drug-likeness (QED) is 0.669. The van der Waals surface area contributed by atoms with Crippen LogP contribution in [0.4, 0.5) is 0 Å². The van der Waals surface area contributed by atoms with Gasteiger partial charge in [0, 0.05) is 25.2 Å². The molecule has 88 valence electrons. The highest BCUT2D eigenvalue weighted by molar-refractivity contribution is 5.85. The summed E-state index contributed by atoms with van der Waals surface area (Å²) in [5.74, 6) is 0.288. The van der Waals surface area contributed by atoms with Gasteiger partial charge in [-0.1, -0.05) is 0 Å². The van der Waals surface area contributed by atoms with Gasteiger partial charge < -0.3 is 15.5 Å². The summed E-state index contributed by atoms with van der Waals surface area (Å²) in [5, 5.41) is 6.59. The Hall–Kier alpha value is -0.320. The molecule has 0 aromatic heterocycles. The van der Waals surface area contributed by atoms with Gasteiger partial charge >= 0.3 is 0 Å². The van der Waals surface area contributed by atoms with E-state index in [0.29, 0.717) is 12.1 Å². The Kier molecular flexibility index (Phi) is 4.37. The lowest BCUT2D eigenvalue weighted by molar-refractivity contribution is -0.137. The number of carbonyl (C=O) groups excluding carboxylic acids is 1. The van der Waals surface area contributed by atoms with Crippen molar-refractivity contribution in [3.05, 3.63) is 0 Å². The summed E-state index contributed by atoms with van der Waals surface area (Å²) in [6.07, 6.45) is 1.01. The number of halogens is 1. The van der Waals surface area contributed by atoms with Crippen LogP contribution >= 0.6 is 12.4 Å². The van der Waals surface area contributed by atoms with Crippen LogP contribution in [0.2, 0.25) is 0 Å².